The Labute approximate surface area is 179 Å². The highest BCUT2D eigenvalue weighted by molar-refractivity contribution is 9.10. The van der Waals surface area contributed by atoms with E-state index in [0.717, 1.165) is 37.7 Å². The molecule has 0 aromatic heterocycles. The van der Waals surface area contributed by atoms with Gasteiger partial charge < -0.3 is 4.90 Å². The average molecular weight is 458 g/mol. The fourth-order valence-corrected chi connectivity index (χ4v) is 4.87. The molecule has 4 nitrogen and oxygen atoms in total. The molecule has 0 bridgehead atoms. The van der Waals surface area contributed by atoms with Crippen molar-refractivity contribution in [3.05, 3.63) is 62.5 Å². The number of aliphatic imine (C=N–C) groups is 1. The van der Waals surface area contributed by atoms with E-state index in [1.807, 2.05) is 82.2 Å². The van der Waals surface area contributed by atoms with Gasteiger partial charge in [-0.1, -0.05) is 24.3 Å². The molecule has 2 aromatic rings. The number of thioether (sulfide) groups is 1. The molecule has 0 unspecified atom stereocenters. The zero-order chi connectivity index (χ0) is 20.4. The molecule has 1 saturated heterocycles. The number of hydrogen-bond acceptors (Lipinski definition) is 4. The molecule has 1 fully saturated rings. The van der Waals surface area contributed by atoms with Crippen molar-refractivity contribution in [2.24, 2.45) is 4.99 Å². The number of amidine groups is 1. The number of nitrogens with zero attached hydrogens (tertiary/aromatic N) is 3. The lowest BCUT2D eigenvalue weighted by Crippen LogP contribution is -2.28. The van der Waals surface area contributed by atoms with Gasteiger partial charge in [-0.15, -0.1) is 0 Å². The first kappa shape index (κ1) is 20.7. The third-order valence-corrected chi connectivity index (χ3v) is 6.24. The van der Waals surface area contributed by atoms with Gasteiger partial charge >= 0.3 is 0 Å². The highest BCUT2D eigenvalue weighted by atomic mass is 79.9. The molecule has 0 radical (unpaired) electrons. The Morgan fingerprint density at radius 3 is 2.43 bits per heavy atom. The maximum absolute atomic E-state index is 12.9. The first-order valence-corrected chi connectivity index (χ1v) is 10.8. The van der Waals surface area contributed by atoms with Crippen LogP contribution in [0.5, 0.6) is 0 Å². The summed E-state index contributed by atoms with van der Waals surface area (Å²) in [7, 11) is 4.01. The fraction of sp³-hybridized carbons (Fsp3) is 0.273. The van der Waals surface area contributed by atoms with Gasteiger partial charge in [-0.05, 0) is 83.4 Å². The number of benzene rings is 2. The number of likely N-dealkylation sites (N-methyl/N-ethyl adjacent to an activating group) is 1. The van der Waals surface area contributed by atoms with E-state index in [0.29, 0.717) is 11.4 Å². The van der Waals surface area contributed by atoms with E-state index >= 15 is 0 Å². The van der Waals surface area contributed by atoms with E-state index in [4.69, 9.17) is 4.99 Å². The van der Waals surface area contributed by atoms with Crippen molar-refractivity contribution in [2.45, 2.75) is 20.8 Å². The zero-order valence-corrected chi connectivity index (χ0v) is 19.2. The van der Waals surface area contributed by atoms with E-state index in [1.54, 1.807) is 4.90 Å². The van der Waals surface area contributed by atoms with Crippen LogP contribution in [0.4, 0.5) is 11.4 Å². The molecule has 6 heteroatoms. The van der Waals surface area contributed by atoms with E-state index in [9.17, 15) is 4.79 Å². The van der Waals surface area contributed by atoms with Crippen LogP contribution in [0.3, 0.4) is 0 Å². The van der Waals surface area contributed by atoms with E-state index in [1.165, 1.54) is 11.8 Å². The van der Waals surface area contributed by atoms with Crippen molar-refractivity contribution in [3.8, 4) is 0 Å². The Morgan fingerprint density at radius 2 is 1.86 bits per heavy atom. The molecule has 1 aliphatic heterocycles. The predicted molar refractivity (Wildman–Crippen MR) is 124 cm³/mol. The van der Waals surface area contributed by atoms with Gasteiger partial charge in [0.25, 0.3) is 5.91 Å². The maximum Gasteiger partial charge on any atom is 0.266 e. The molecule has 2 aromatic carbocycles. The lowest BCUT2D eigenvalue weighted by molar-refractivity contribution is -0.122. The van der Waals surface area contributed by atoms with E-state index in [-0.39, 0.29) is 5.91 Å². The smallest absolute Gasteiger partial charge is 0.266 e. The van der Waals surface area contributed by atoms with Crippen LogP contribution in [0, 0.1) is 13.8 Å². The zero-order valence-electron chi connectivity index (χ0n) is 16.8. The van der Waals surface area contributed by atoms with E-state index < -0.39 is 0 Å². The Balaban J connectivity index is 1.97. The number of rotatable bonds is 4. The van der Waals surface area contributed by atoms with Crippen molar-refractivity contribution in [2.75, 3.05) is 25.5 Å². The number of anilines is 1. The monoisotopic (exact) mass is 457 g/mol. The van der Waals surface area contributed by atoms with Gasteiger partial charge in [0, 0.05) is 25.1 Å². The molecule has 1 aliphatic rings. The minimum Gasteiger partial charge on any atom is -0.377 e. The highest BCUT2D eigenvalue weighted by Gasteiger charge is 2.32. The topological polar surface area (TPSA) is 35.9 Å². The molecular formula is C22H24BrN3OS. The molecule has 0 spiro atoms. The number of hydrogen-bond donors (Lipinski definition) is 0. The summed E-state index contributed by atoms with van der Waals surface area (Å²) in [6, 6.07) is 12.2. The molecule has 146 valence electrons. The first-order chi connectivity index (χ1) is 13.3. The minimum absolute atomic E-state index is 0.00490. The second-order valence-corrected chi connectivity index (χ2v) is 8.76. The molecule has 1 heterocycles. The molecule has 0 aliphatic carbocycles. The Kier molecular flexibility index (Phi) is 6.30. The lowest BCUT2D eigenvalue weighted by Gasteiger charge is -2.14. The Hall–Kier alpha value is -2.05. The number of aryl methyl sites for hydroxylation is 2. The normalized spacial score (nSPS) is 17.1. The Bertz CT molecular complexity index is 961. The van der Waals surface area contributed by atoms with Gasteiger partial charge in [-0.3, -0.25) is 9.69 Å². The quantitative estimate of drug-likeness (QED) is 0.547. The van der Waals surface area contributed by atoms with Crippen molar-refractivity contribution in [1.82, 2.24) is 4.90 Å². The summed E-state index contributed by atoms with van der Waals surface area (Å²) in [4.78, 5) is 22.2. The van der Waals surface area contributed by atoms with Crippen molar-refractivity contribution >= 4 is 56.2 Å². The van der Waals surface area contributed by atoms with Crippen LogP contribution < -0.4 is 4.90 Å². The third-order valence-electron chi connectivity index (χ3n) is 4.60. The molecule has 0 N–H and O–H groups in total. The average Bonchev–Trinajstić information content (AvgIpc) is 2.92. The lowest BCUT2D eigenvalue weighted by atomic mass is 10.1. The van der Waals surface area contributed by atoms with Crippen LogP contribution in [0.25, 0.3) is 6.08 Å². The van der Waals surface area contributed by atoms with Crippen LogP contribution in [-0.4, -0.2) is 36.6 Å². The Morgan fingerprint density at radius 1 is 1.18 bits per heavy atom. The number of carbonyl (C=O) groups excluding carboxylic acids is 1. The van der Waals surface area contributed by atoms with Crippen LogP contribution in [0.1, 0.15) is 23.6 Å². The van der Waals surface area contributed by atoms with Gasteiger partial charge in [-0.2, -0.15) is 0 Å². The SMILES string of the molecule is CCN1C(=O)/C(=C\c2ccc(N(C)C)c(Br)c2)SC1=Nc1c(C)cccc1C. The van der Waals surface area contributed by atoms with Gasteiger partial charge in [0.15, 0.2) is 5.17 Å². The van der Waals surface area contributed by atoms with Crippen molar-refractivity contribution in [3.63, 3.8) is 0 Å². The van der Waals surface area contributed by atoms with Crippen LogP contribution >= 0.6 is 27.7 Å². The fourth-order valence-electron chi connectivity index (χ4n) is 3.07. The summed E-state index contributed by atoms with van der Waals surface area (Å²) in [5, 5.41) is 0.736. The minimum atomic E-state index is 0.00490. The van der Waals surface area contributed by atoms with E-state index in [2.05, 4.69) is 15.9 Å². The van der Waals surface area contributed by atoms with Gasteiger partial charge in [0.1, 0.15) is 0 Å². The molecule has 0 saturated carbocycles. The molecule has 3 rings (SSSR count). The summed E-state index contributed by atoms with van der Waals surface area (Å²) in [6.45, 7) is 6.66. The number of halogens is 1. The number of para-hydroxylation sites is 1. The summed E-state index contributed by atoms with van der Waals surface area (Å²) in [5.41, 5.74) is 5.24. The molecule has 0 atom stereocenters. The second kappa shape index (κ2) is 8.53. The summed E-state index contributed by atoms with van der Waals surface area (Å²) in [6.07, 6.45) is 1.94. The number of carbonyl (C=O) groups is 1. The van der Waals surface area contributed by atoms with Gasteiger partial charge in [0.2, 0.25) is 0 Å². The molecular weight excluding hydrogens is 434 g/mol. The molecule has 1 amide bonds. The largest absolute Gasteiger partial charge is 0.377 e. The third kappa shape index (κ3) is 4.18. The second-order valence-electron chi connectivity index (χ2n) is 6.90. The van der Waals surface area contributed by atoms with Crippen molar-refractivity contribution in [1.29, 1.82) is 0 Å². The standard InChI is InChI=1S/C22H24BrN3OS/c1-6-26-21(27)19(13-16-10-11-18(25(4)5)17(23)12-16)28-22(26)24-20-14(2)8-7-9-15(20)3/h7-13H,6H2,1-5H3/b19-13+,24-22?. The van der Waals surface area contributed by atoms with Crippen LogP contribution in [0.15, 0.2) is 50.8 Å². The maximum atomic E-state index is 12.9. The molecule has 28 heavy (non-hydrogen) atoms. The predicted octanol–water partition coefficient (Wildman–Crippen LogP) is 5.76. The summed E-state index contributed by atoms with van der Waals surface area (Å²) >= 11 is 5.05. The summed E-state index contributed by atoms with van der Waals surface area (Å²) in [5.74, 6) is 0.00490. The highest BCUT2D eigenvalue weighted by Crippen LogP contribution is 2.36. The van der Waals surface area contributed by atoms with Crippen molar-refractivity contribution < 1.29 is 4.79 Å². The first-order valence-electron chi connectivity index (χ1n) is 9.15. The van der Waals surface area contributed by atoms with Crippen LogP contribution in [-0.2, 0) is 4.79 Å². The van der Waals surface area contributed by atoms with Gasteiger partial charge in [0.05, 0.1) is 16.3 Å². The van der Waals surface area contributed by atoms with Gasteiger partial charge in [-0.25, -0.2) is 4.99 Å². The van der Waals surface area contributed by atoms with Crippen LogP contribution in [0.2, 0.25) is 0 Å². The number of amides is 1. The summed E-state index contributed by atoms with van der Waals surface area (Å²) < 4.78 is 0.999.